The molecule has 40 heavy (non-hydrogen) atoms. The van der Waals surface area contributed by atoms with Gasteiger partial charge in [-0.25, -0.2) is 0 Å². The van der Waals surface area contributed by atoms with E-state index in [1.807, 2.05) is 0 Å². The van der Waals surface area contributed by atoms with Gasteiger partial charge in [-0.05, 0) is 32.6 Å². The van der Waals surface area contributed by atoms with Crippen molar-refractivity contribution in [3.63, 3.8) is 0 Å². The summed E-state index contributed by atoms with van der Waals surface area (Å²) >= 11 is 0. The molecular formula is C34H59NO5. The minimum Gasteiger partial charge on any atom is -0.505 e. The average molecular weight is 562 g/mol. The lowest BCUT2D eigenvalue weighted by molar-refractivity contribution is -0.143. The number of hydrogen-bond acceptors (Lipinski definition) is 6. The highest BCUT2D eigenvalue weighted by molar-refractivity contribution is 5.78. The summed E-state index contributed by atoms with van der Waals surface area (Å²) < 4.78 is 10.7. The van der Waals surface area contributed by atoms with Crippen LogP contribution in [0.5, 0.6) is 17.2 Å². The Bertz CT molecular complexity index is 836. The Kier molecular flexibility index (Phi) is 21.0. The van der Waals surface area contributed by atoms with Crippen LogP contribution in [0.15, 0.2) is 4.99 Å². The maximum atomic E-state index is 11.9. The molecule has 0 bridgehead atoms. The van der Waals surface area contributed by atoms with Crippen LogP contribution in [-0.4, -0.2) is 36.1 Å². The Morgan fingerprint density at radius 3 is 1.77 bits per heavy atom. The first-order valence-electron chi connectivity index (χ1n) is 16.3. The maximum Gasteiger partial charge on any atom is 0.306 e. The summed E-state index contributed by atoms with van der Waals surface area (Å²) in [5.41, 5.74) is 1.41. The Balaban J connectivity index is 2.43. The van der Waals surface area contributed by atoms with Crippen molar-refractivity contribution in [1.29, 1.82) is 0 Å². The number of rotatable bonds is 25. The van der Waals surface area contributed by atoms with E-state index in [9.17, 15) is 15.0 Å². The molecule has 0 amide bonds. The van der Waals surface area contributed by atoms with Gasteiger partial charge >= 0.3 is 5.97 Å². The van der Waals surface area contributed by atoms with Gasteiger partial charge in [-0.3, -0.25) is 9.79 Å². The van der Waals surface area contributed by atoms with Crippen molar-refractivity contribution in [2.45, 2.75) is 156 Å². The van der Waals surface area contributed by atoms with E-state index < -0.39 is 0 Å². The van der Waals surface area contributed by atoms with Gasteiger partial charge in [0.15, 0.2) is 11.5 Å². The molecule has 0 aliphatic carbocycles. The quantitative estimate of drug-likeness (QED) is 0.0536. The second-order valence-corrected chi connectivity index (χ2v) is 11.2. The van der Waals surface area contributed by atoms with Crippen molar-refractivity contribution in [3.8, 4) is 17.2 Å². The molecule has 0 saturated carbocycles. The minimum absolute atomic E-state index is 0.0132. The summed E-state index contributed by atoms with van der Waals surface area (Å²) in [4.78, 5) is 16.3. The van der Waals surface area contributed by atoms with Crippen LogP contribution in [-0.2, 0) is 16.0 Å². The normalized spacial score (nSPS) is 11.4. The lowest BCUT2D eigenvalue weighted by atomic mass is 9.99. The molecule has 0 fully saturated rings. The molecule has 1 aromatic carbocycles. The first-order chi connectivity index (χ1) is 19.5. The zero-order valence-corrected chi connectivity index (χ0v) is 26.2. The molecule has 2 N–H and O–H groups in total. The second kappa shape index (κ2) is 23.5. The van der Waals surface area contributed by atoms with Crippen LogP contribution in [0.3, 0.4) is 0 Å². The molecule has 6 nitrogen and oxygen atoms in total. The first kappa shape index (κ1) is 35.8. The van der Waals surface area contributed by atoms with E-state index in [4.69, 9.17) is 9.47 Å². The van der Waals surface area contributed by atoms with Gasteiger partial charge in [0, 0.05) is 17.3 Å². The third-order valence-electron chi connectivity index (χ3n) is 7.65. The number of aliphatic imine (C=N–C) groups is 1. The van der Waals surface area contributed by atoms with Gasteiger partial charge in [-0.15, -0.1) is 0 Å². The van der Waals surface area contributed by atoms with E-state index in [2.05, 4.69) is 18.8 Å². The van der Waals surface area contributed by atoms with Crippen molar-refractivity contribution in [2.75, 3.05) is 13.7 Å². The molecule has 0 heterocycles. The second-order valence-electron chi connectivity index (χ2n) is 11.2. The Morgan fingerprint density at radius 2 is 1.25 bits per heavy atom. The highest BCUT2D eigenvalue weighted by Gasteiger charge is 2.21. The smallest absolute Gasteiger partial charge is 0.306 e. The standard InChI is InChI=1S/C34H59NO5/c1-5-7-9-11-12-13-14-15-16-17-18-19-20-21-24-29-33(38)31(28(3)32(37)34(29)39-4)35-26-23-25-30(36)40-27-22-10-8-6-2/h26,37-38H,5-25,27H2,1-4H3. The maximum absolute atomic E-state index is 11.9. The lowest BCUT2D eigenvalue weighted by Gasteiger charge is -2.17. The first-order valence-corrected chi connectivity index (χ1v) is 16.3. The molecule has 230 valence electrons. The van der Waals surface area contributed by atoms with E-state index >= 15 is 0 Å². The van der Waals surface area contributed by atoms with Gasteiger partial charge in [-0.1, -0.05) is 117 Å². The fourth-order valence-electron chi connectivity index (χ4n) is 5.08. The summed E-state index contributed by atoms with van der Waals surface area (Å²) in [7, 11) is 1.51. The number of benzene rings is 1. The zero-order chi connectivity index (χ0) is 29.4. The van der Waals surface area contributed by atoms with Crippen molar-refractivity contribution >= 4 is 17.9 Å². The summed E-state index contributed by atoms with van der Waals surface area (Å²) in [5.74, 6) is 0.158. The van der Waals surface area contributed by atoms with E-state index in [1.54, 1.807) is 13.1 Å². The predicted octanol–water partition coefficient (Wildman–Crippen LogP) is 10.0. The lowest BCUT2D eigenvalue weighted by Crippen LogP contribution is -2.05. The molecule has 1 aromatic rings. The van der Waals surface area contributed by atoms with Crippen molar-refractivity contribution < 1.29 is 24.5 Å². The summed E-state index contributed by atoms with van der Waals surface area (Å²) in [6.07, 6.45) is 25.2. The van der Waals surface area contributed by atoms with Crippen LogP contribution in [0.4, 0.5) is 5.69 Å². The van der Waals surface area contributed by atoms with Crippen LogP contribution >= 0.6 is 0 Å². The number of nitrogens with zero attached hydrogens (tertiary/aromatic N) is 1. The molecule has 0 atom stereocenters. The highest BCUT2D eigenvalue weighted by Crippen LogP contribution is 2.47. The summed E-state index contributed by atoms with van der Waals surface area (Å²) in [6, 6.07) is 0. The van der Waals surface area contributed by atoms with Gasteiger partial charge in [-0.2, -0.15) is 0 Å². The molecule has 0 spiro atoms. The van der Waals surface area contributed by atoms with Gasteiger partial charge in [0.05, 0.1) is 20.1 Å². The van der Waals surface area contributed by atoms with Crippen LogP contribution in [0.2, 0.25) is 0 Å². The number of carbonyl (C=O) groups is 1. The van der Waals surface area contributed by atoms with Crippen molar-refractivity contribution in [2.24, 2.45) is 4.99 Å². The minimum atomic E-state index is -0.236. The van der Waals surface area contributed by atoms with Crippen molar-refractivity contribution in [3.05, 3.63) is 11.1 Å². The number of aromatic hydroxyl groups is 2. The molecule has 1 rings (SSSR count). The molecule has 0 aliphatic rings. The van der Waals surface area contributed by atoms with E-state index in [0.717, 1.165) is 38.5 Å². The van der Waals surface area contributed by atoms with Gasteiger partial charge in [0.1, 0.15) is 11.4 Å². The fraction of sp³-hybridized carbons (Fsp3) is 0.765. The molecule has 0 radical (unpaired) electrons. The molecule has 6 heteroatoms. The number of ether oxygens (including phenoxy) is 2. The van der Waals surface area contributed by atoms with E-state index in [-0.39, 0.29) is 23.9 Å². The number of phenolic OH excluding ortho intramolecular Hbond substituents is 2. The number of hydrogen-bond donors (Lipinski definition) is 2. The monoisotopic (exact) mass is 561 g/mol. The molecule has 0 unspecified atom stereocenters. The summed E-state index contributed by atoms with van der Waals surface area (Å²) in [6.45, 7) is 6.59. The van der Waals surface area contributed by atoms with Gasteiger partial charge in [0.25, 0.3) is 0 Å². The van der Waals surface area contributed by atoms with Crippen LogP contribution < -0.4 is 4.74 Å². The number of esters is 1. The Hall–Kier alpha value is -2.24. The van der Waals surface area contributed by atoms with Gasteiger partial charge in [0.2, 0.25) is 0 Å². The average Bonchev–Trinajstić information content (AvgIpc) is 2.95. The van der Waals surface area contributed by atoms with Crippen LogP contribution in [0.25, 0.3) is 0 Å². The van der Waals surface area contributed by atoms with E-state index in [1.165, 1.54) is 84.2 Å². The predicted molar refractivity (Wildman–Crippen MR) is 168 cm³/mol. The topological polar surface area (TPSA) is 88.4 Å². The number of phenols is 2. The van der Waals surface area contributed by atoms with Crippen LogP contribution in [0.1, 0.15) is 153 Å². The third kappa shape index (κ3) is 14.9. The fourth-order valence-corrected chi connectivity index (χ4v) is 5.08. The zero-order valence-electron chi connectivity index (χ0n) is 26.2. The SMILES string of the molecule is CCCCCCCCCCCCCCCCc1c(O)c(N=CCCC(=O)OCCCCCC)c(C)c(O)c1OC. The summed E-state index contributed by atoms with van der Waals surface area (Å²) in [5, 5.41) is 21.7. The molecular weight excluding hydrogens is 502 g/mol. The molecule has 0 aromatic heterocycles. The van der Waals surface area contributed by atoms with Crippen molar-refractivity contribution in [1.82, 2.24) is 0 Å². The number of carbonyl (C=O) groups excluding carboxylic acids is 1. The van der Waals surface area contributed by atoms with Gasteiger partial charge < -0.3 is 19.7 Å². The Morgan fingerprint density at radius 1 is 0.750 bits per heavy atom. The Labute approximate surface area is 245 Å². The largest absolute Gasteiger partial charge is 0.505 e. The third-order valence-corrected chi connectivity index (χ3v) is 7.65. The number of unbranched alkanes of at least 4 members (excludes halogenated alkanes) is 16. The van der Waals surface area contributed by atoms with E-state index in [0.29, 0.717) is 42.0 Å². The molecule has 0 aliphatic heterocycles. The van der Waals surface area contributed by atoms with Crippen LogP contribution in [0, 0.1) is 6.92 Å². The molecule has 0 saturated heterocycles. The number of methoxy groups -OCH3 is 1. The highest BCUT2D eigenvalue weighted by atomic mass is 16.5.